The van der Waals surface area contributed by atoms with E-state index >= 15 is 0 Å². The van der Waals surface area contributed by atoms with Crippen molar-refractivity contribution >= 4 is 12.0 Å². The molecular weight excluding hydrogens is 390 g/mol. The summed E-state index contributed by atoms with van der Waals surface area (Å²) in [5.41, 5.74) is 2.19. The Morgan fingerprint density at radius 3 is 2.48 bits per heavy atom. The summed E-state index contributed by atoms with van der Waals surface area (Å²) in [5, 5.41) is 0. The molecule has 2 amide bonds. The molecule has 0 aliphatic carbocycles. The lowest BCUT2D eigenvalue weighted by molar-refractivity contribution is -0.128. The monoisotopic (exact) mass is 429 g/mol. The number of piperidine rings is 1. The Balaban J connectivity index is 1.78. The fourth-order valence-corrected chi connectivity index (χ4v) is 3.97. The lowest BCUT2D eigenvalue weighted by Gasteiger charge is -2.38. The van der Waals surface area contributed by atoms with Crippen LogP contribution in [0.2, 0.25) is 0 Å². The van der Waals surface area contributed by atoms with E-state index in [2.05, 4.69) is 18.4 Å². The highest BCUT2D eigenvalue weighted by atomic mass is 16.6. The second-order valence-corrected chi connectivity index (χ2v) is 8.85. The zero-order chi connectivity index (χ0) is 22.8. The van der Waals surface area contributed by atoms with E-state index in [0.717, 1.165) is 51.0 Å². The van der Waals surface area contributed by atoms with Crippen LogP contribution in [0, 0.1) is 12.8 Å². The van der Waals surface area contributed by atoms with Crippen LogP contribution in [-0.4, -0.2) is 72.5 Å². The van der Waals surface area contributed by atoms with Crippen LogP contribution in [0.4, 0.5) is 4.79 Å². The number of amides is 2. The Bertz CT molecular complexity index is 711. The topological polar surface area (TPSA) is 53.1 Å². The number of hydrogen-bond donors (Lipinski definition) is 0. The molecule has 31 heavy (non-hydrogen) atoms. The molecule has 6 heteroatoms. The fourth-order valence-electron chi connectivity index (χ4n) is 3.97. The molecule has 6 nitrogen and oxygen atoms in total. The highest BCUT2D eigenvalue weighted by Gasteiger charge is 2.28. The summed E-state index contributed by atoms with van der Waals surface area (Å²) in [5.74, 6) is 0.588. The van der Waals surface area contributed by atoms with E-state index in [1.807, 2.05) is 43.1 Å². The molecular formula is C25H39N3O3. The lowest BCUT2D eigenvalue weighted by Crippen LogP contribution is -2.48. The summed E-state index contributed by atoms with van der Waals surface area (Å²) in [7, 11) is 1.86. The van der Waals surface area contributed by atoms with Crippen molar-refractivity contribution in [2.45, 2.75) is 52.7 Å². The van der Waals surface area contributed by atoms with Gasteiger partial charge in [0, 0.05) is 46.2 Å². The Kier molecular flexibility index (Phi) is 10.0. The van der Waals surface area contributed by atoms with Crippen LogP contribution in [0.5, 0.6) is 0 Å². The number of likely N-dealkylation sites (tertiary alicyclic amines) is 1. The minimum atomic E-state index is -0.264. The first-order chi connectivity index (χ1) is 14.8. The quantitative estimate of drug-likeness (QED) is 0.526. The smallest absolute Gasteiger partial charge is 0.410 e. The number of carbonyl (C=O) groups is 2. The zero-order valence-corrected chi connectivity index (χ0v) is 19.7. The second kappa shape index (κ2) is 12.5. The van der Waals surface area contributed by atoms with Gasteiger partial charge in [-0.2, -0.15) is 0 Å². The summed E-state index contributed by atoms with van der Waals surface area (Å²) in [4.78, 5) is 30.2. The standard InChI is InChI=1S/C25H39N3O3/c1-6-14-28(25(30)31-19-23-9-7-20(2)8-10-23)24-12-16-27(17-13-24)15-11-21(3)18-26(5)22(4)29/h6-10,21,24H,1,11-19H2,2-5H3. The van der Waals surface area contributed by atoms with Crippen molar-refractivity contribution in [1.82, 2.24) is 14.7 Å². The summed E-state index contributed by atoms with van der Waals surface area (Å²) < 4.78 is 5.59. The third-order valence-electron chi connectivity index (χ3n) is 6.10. The molecule has 1 unspecified atom stereocenters. The number of aryl methyl sites for hydroxylation is 1. The molecule has 0 N–H and O–H groups in total. The molecule has 1 saturated heterocycles. The van der Waals surface area contributed by atoms with Crippen molar-refractivity contribution < 1.29 is 14.3 Å². The van der Waals surface area contributed by atoms with E-state index in [9.17, 15) is 9.59 Å². The Morgan fingerprint density at radius 2 is 1.90 bits per heavy atom. The van der Waals surface area contributed by atoms with Gasteiger partial charge in [-0.25, -0.2) is 4.79 Å². The maximum Gasteiger partial charge on any atom is 0.410 e. The van der Waals surface area contributed by atoms with Gasteiger partial charge in [0.05, 0.1) is 0 Å². The Morgan fingerprint density at radius 1 is 1.26 bits per heavy atom. The number of hydrogen-bond acceptors (Lipinski definition) is 4. The molecule has 1 aliphatic heterocycles. The fraction of sp³-hybridized carbons (Fsp3) is 0.600. The summed E-state index contributed by atoms with van der Waals surface area (Å²) in [6.45, 7) is 14.2. The average molecular weight is 430 g/mol. The van der Waals surface area contributed by atoms with Gasteiger partial charge in [-0.15, -0.1) is 6.58 Å². The number of carbonyl (C=O) groups excluding carboxylic acids is 2. The van der Waals surface area contributed by atoms with E-state index in [1.165, 1.54) is 5.56 Å². The maximum atomic E-state index is 12.7. The predicted molar refractivity (Wildman–Crippen MR) is 125 cm³/mol. The minimum Gasteiger partial charge on any atom is -0.445 e. The Labute approximate surface area is 187 Å². The number of benzene rings is 1. The van der Waals surface area contributed by atoms with Crippen molar-refractivity contribution in [2.75, 3.05) is 39.8 Å². The molecule has 2 rings (SSSR count). The molecule has 1 heterocycles. The van der Waals surface area contributed by atoms with Crippen LogP contribution in [0.3, 0.4) is 0 Å². The van der Waals surface area contributed by atoms with E-state index in [-0.39, 0.29) is 24.6 Å². The van der Waals surface area contributed by atoms with Gasteiger partial charge in [0.2, 0.25) is 5.91 Å². The summed E-state index contributed by atoms with van der Waals surface area (Å²) >= 11 is 0. The van der Waals surface area contributed by atoms with Crippen LogP contribution >= 0.6 is 0 Å². The number of ether oxygens (including phenoxy) is 1. The maximum absolute atomic E-state index is 12.7. The molecule has 1 aromatic carbocycles. The molecule has 0 saturated carbocycles. The van der Waals surface area contributed by atoms with Gasteiger partial charge in [-0.3, -0.25) is 4.79 Å². The molecule has 1 aliphatic rings. The first kappa shape index (κ1) is 24.9. The van der Waals surface area contributed by atoms with E-state index in [1.54, 1.807) is 17.9 Å². The highest BCUT2D eigenvalue weighted by Crippen LogP contribution is 2.19. The highest BCUT2D eigenvalue weighted by molar-refractivity contribution is 5.72. The van der Waals surface area contributed by atoms with Crippen molar-refractivity contribution in [2.24, 2.45) is 5.92 Å². The van der Waals surface area contributed by atoms with Crippen LogP contribution in [0.15, 0.2) is 36.9 Å². The Hall–Kier alpha value is -2.34. The molecule has 0 aromatic heterocycles. The van der Waals surface area contributed by atoms with Crippen LogP contribution in [0.25, 0.3) is 0 Å². The van der Waals surface area contributed by atoms with Gasteiger partial charge in [0.25, 0.3) is 0 Å². The van der Waals surface area contributed by atoms with Crippen molar-refractivity contribution in [3.8, 4) is 0 Å². The van der Waals surface area contributed by atoms with E-state index in [0.29, 0.717) is 12.5 Å². The van der Waals surface area contributed by atoms with Crippen LogP contribution < -0.4 is 0 Å². The van der Waals surface area contributed by atoms with Crippen molar-refractivity contribution in [1.29, 1.82) is 0 Å². The van der Waals surface area contributed by atoms with Gasteiger partial charge < -0.3 is 19.4 Å². The molecule has 0 radical (unpaired) electrons. The molecule has 1 aromatic rings. The van der Waals surface area contributed by atoms with Gasteiger partial charge in [-0.1, -0.05) is 42.8 Å². The van der Waals surface area contributed by atoms with Crippen molar-refractivity contribution in [3.05, 3.63) is 48.0 Å². The van der Waals surface area contributed by atoms with Gasteiger partial charge in [0.1, 0.15) is 6.61 Å². The average Bonchev–Trinajstić information content (AvgIpc) is 2.76. The van der Waals surface area contributed by atoms with Crippen LogP contribution in [-0.2, 0) is 16.1 Å². The third kappa shape index (κ3) is 8.37. The minimum absolute atomic E-state index is 0.115. The van der Waals surface area contributed by atoms with E-state index in [4.69, 9.17) is 4.74 Å². The predicted octanol–water partition coefficient (Wildman–Crippen LogP) is 4.09. The SMILES string of the molecule is C=CCN(C(=O)OCc1ccc(C)cc1)C1CCN(CCC(C)CN(C)C(C)=O)CC1. The molecule has 1 atom stereocenters. The van der Waals surface area contributed by atoms with Gasteiger partial charge >= 0.3 is 6.09 Å². The first-order valence-corrected chi connectivity index (χ1v) is 11.3. The second-order valence-electron chi connectivity index (χ2n) is 8.85. The number of nitrogens with zero attached hydrogens (tertiary/aromatic N) is 3. The summed E-state index contributed by atoms with van der Waals surface area (Å²) in [6, 6.07) is 8.22. The molecule has 0 spiro atoms. The van der Waals surface area contributed by atoms with Crippen LogP contribution in [0.1, 0.15) is 44.2 Å². The molecule has 172 valence electrons. The van der Waals surface area contributed by atoms with Gasteiger partial charge in [-0.05, 0) is 44.2 Å². The van der Waals surface area contributed by atoms with E-state index < -0.39 is 0 Å². The first-order valence-electron chi connectivity index (χ1n) is 11.3. The molecule has 1 fully saturated rings. The lowest BCUT2D eigenvalue weighted by atomic mass is 10.0. The number of rotatable bonds is 10. The third-order valence-corrected chi connectivity index (χ3v) is 6.10. The summed E-state index contributed by atoms with van der Waals surface area (Å²) in [6.07, 6.45) is 4.45. The van der Waals surface area contributed by atoms with Gasteiger partial charge in [0.15, 0.2) is 0 Å². The van der Waals surface area contributed by atoms with Crippen molar-refractivity contribution in [3.63, 3.8) is 0 Å². The largest absolute Gasteiger partial charge is 0.445 e. The molecule has 0 bridgehead atoms. The normalized spacial score (nSPS) is 15.9. The zero-order valence-electron chi connectivity index (χ0n) is 19.7.